The van der Waals surface area contributed by atoms with Crippen molar-refractivity contribution in [2.45, 2.75) is 39.7 Å². The lowest BCUT2D eigenvalue weighted by molar-refractivity contribution is 0.00393. The summed E-state index contributed by atoms with van der Waals surface area (Å²) in [5.74, 6) is 0.882. The number of aromatic nitrogens is 2. The molecule has 0 aromatic carbocycles. The molecule has 1 aliphatic heterocycles. The lowest BCUT2D eigenvalue weighted by Crippen LogP contribution is -2.45. The first-order valence-corrected chi connectivity index (χ1v) is 7.70. The molecule has 1 fully saturated rings. The van der Waals surface area contributed by atoms with Crippen molar-refractivity contribution in [1.82, 2.24) is 14.9 Å². The molecule has 1 aliphatic rings. The minimum atomic E-state index is -0.0346. The molecule has 5 heteroatoms. The Morgan fingerprint density at radius 1 is 1.33 bits per heavy atom. The van der Waals surface area contributed by atoms with Gasteiger partial charge in [0.1, 0.15) is 5.82 Å². The third-order valence-corrected chi connectivity index (χ3v) is 4.31. The van der Waals surface area contributed by atoms with Crippen LogP contribution >= 0.6 is 0 Å². The summed E-state index contributed by atoms with van der Waals surface area (Å²) >= 11 is 0. The third-order valence-electron chi connectivity index (χ3n) is 4.31. The Morgan fingerprint density at radius 3 is 2.67 bits per heavy atom. The van der Waals surface area contributed by atoms with E-state index in [9.17, 15) is 5.11 Å². The minimum Gasteiger partial charge on any atom is -0.396 e. The van der Waals surface area contributed by atoms with Crippen LogP contribution in [0.2, 0.25) is 0 Å². The highest BCUT2D eigenvalue weighted by atomic mass is 16.5. The van der Waals surface area contributed by atoms with Gasteiger partial charge in [-0.05, 0) is 45.7 Å². The highest BCUT2D eigenvalue weighted by Gasteiger charge is 2.34. The standard InChI is InChI=1S/C16H27N3O2/c1-13-9-14(2)18-15(17-13)10-19-7-4-5-16(11-19,12-20)6-8-21-3/h9,20H,4-8,10-12H2,1-3H3/t16-/m1/s1. The topological polar surface area (TPSA) is 58.5 Å². The summed E-state index contributed by atoms with van der Waals surface area (Å²) in [5.41, 5.74) is 2.00. The summed E-state index contributed by atoms with van der Waals surface area (Å²) in [6, 6.07) is 2.00. The molecule has 0 radical (unpaired) electrons. The van der Waals surface area contributed by atoms with Crippen molar-refractivity contribution < 1.29 is 9.84 Å². The quantitative estimate of drug-likeness (QED) is 0.865. The van der Waals surface area contributed by atoms with Crippen molar-refractivity contribution >= 4 is 0 Å². The van der Waals surface area contributed by atoms with Crippen LogP contribution in [0, 0.1) is 19.3 Å². The number of ether oxygens (including phenoxy) is 1. The lowest BCUT2D eigenvalue weighted by atomic mass is 9.78. The maximum atomic E-state index is 9.83. The van der Waals surface area contributed by atoms with Gasteiger partial charge in [0, 0.05) is 37.1 Å². The van der Waals surface area contributed by atoms with E-state index in [4.69, 9.17) is 4.74 Å². The molecule has 0 aliphatic carbocycles. The van der Waals surface area contributed by atoms with Crippen molar-refractivity contribution in [1.29, 1.82) is 0 Å². The van der Waals surface area contributed by atoms with Gasteiger partial charge in [-0.1, -0.05) is 0 Å². The van der Waals surface area contributed by atoms with Gasteiger partial charge in [0.2, 0.25) is 0 Å². The Balaban J connectivity index is 2.03. The zero-order valence-electron chi connectivity index (χ0n) is 13.4. The first kappa shape index (κ1) is 16.3. The maximum absolute atomic E-state index is 9.83. The fourth-order valence-corrected chi connectivity index (χ4v) is 3.25. The van der Waals surface area contributed by atoms with Crippen molar-refractivity contribution in [2.75, 3.05) is 33.4 Å². The summed E-state index contributed by atoms with van der Waals surface area (Å²) in [6.45, 7) is 7.64. The van der Waals surface area contributed by atoms with Crippen LogP contribution in [0.4, 0.5) is 0 Å². The van der Waals surface area contributed by atoms with E-state index >= 15 is 0 Å². The first-order valence-electron chi connectivity index (χ1n) is 7.70. The van der Waals surface area contributed by atoms with Gasteiger partial charge in [0.15, 0.2) is 0 Å². The van der Waals surface area contributed by atoms with E-state index in [1.807, 2.05) is 19.9 Å². The van der Waals surface area contributed by atoms with Crippen LogP contribution < -0.4 is 0 Å². The van der Waals surface area contributed by atoms with E-state index in [0.29, 0.717) is 6.61 Å². The Bertz CT molecular complexity index is 447. The number of aliphatic hydroxyl groups excluding tert-OH is 1. The summed E-state index contributed by atoms with van der Waals surface area (Å²) in [5, 5.41) is 9.83. The molecule has 0 spiro atoms. The van der Waals surface area contributed by atoms with Gasteiger partial charge in [0.05, 0.1) is 13.2 Å². The number of likely N-dealkylation sites (tertiary alicyclic amines) is 1. The SMILES string of the molecule is COCC[C@]1(CO)CCCN(Cc2nc(C)cc(C)n2)C1. The summed E-state index contributed by atoms with van der Waals surface area (Å²) in [4.78, 5) is 11.4. The maximum Gasteiger partial charge on any atom is 0.142 e. The van der Waals surface area contributed by atoms with Crippen LogP contribution in [0.25, 0.3) is 0 Å². The van der Waals surface area contributed by atoms with Crippen molar-refractivity contribution in [3.8, 4) is 0 Å². The number of hydrogen-bond acceptors (Lipinski definition) is 5. The molecule has 118 valence electrons. The molecule has 2 heterocycles. The van der Waals surface area contributed by atoms with Crippen LogP contribution in [0.15, 0.2) is 6.07 Å². The normalized spacial score (nSPS) is 23.4. The number of hydrogen-bond donors (Lipinski definition) is 1. The van der Waals surface area contributed by atoms with Gasteiger partial charge in [-0.15, -0.1) is 0 Å². The summed E-state index contributed by atoms with van der Waals surface area (Å²) in [7, 11) is 1.72. The molecule has 1 N–H and O–H groups in total. The predicted octanol–water partition coefficient (Wildman–Crippen LogP) is 1.70. The van der Waals surface area contributed by atoms with Gasteiger partial charge < -0.3 is 9.84 Å². The zero-order chi connectivity index (χ0) is 15.3. The molecule has 5 nitrogen and oxygen atoms in total. The summed E-state index contributed by atoms with van der Waals surface area (Å²) < 4.78 is 5.20. The van der Waals surface area contributed by atoms with Crippen molar-refractivity contribution in [3.05, 3.63) is 23.3 Å². The first-order chi connectivity index (χ1) is 10.1. The van der Waals surface area contributed by atoms with Crippen LogP contribution in [0.1, 0.15) is 36.5 Å². The number of aliphatic hydroxyl groups is 1. The number of methoxy groups -OCH3 is 1. The van der Waals surface area contributed by atoms with E-state index in [1.54, 1.807) is 7.11 Å². The van der Waals surface area contributed by atoms with Crippen LogP contribution in [0.3, 0.4) is 0 Å². The van der Waals surface area contributed by atoms with Crippen LogP contribution in [-0.2, 0) is 11.3 Å². The molecule has 0 amide bonds. The molecule has 0 unspecified atom stereocenters. The predicted molar refractivity (Wildman–Crippen MR) is 82.0 cm³/mol. The average molecular weight is 293 g/mol. The minimum absolute atomic E-state index is 0.0346. The van der Waals surface area contributed by atoms with Crippen LogP contribution in [-0.4, -0.2) is 53.4 Å². The van der Waals surface area contributed by atoms with Crippen molar-refractivity contribution in [2.24, 2.45) is 5.41 Å². The van der Waals surface area contributed by atoms with E-state index in [1.165, 1.54) is 0 Å². The molecule has 0 saturated carbocycles. The molecule has 1 saturated heterocycles. The Morgan fingerprint density at radius 2 is 2.05 bits per heavy atom. The van der Waals surface area contributed by atoms with Gasteiger partial charge in [-0.2, -0.15) is 0 Å². The zero-order valence-corrected chi connectivity index (χ0v) is 13.4. The van der Waals surface area contributed by atoms with E-state index in [0.717, 1.165) is 56.1 Å². The second kappa shape index (κ2) is 7.29. The van der Waals surface area contributed by atoms with Crippen LogP contribution in [0.5, 0.6) is 0 Å². The molecule has 2 rings (SSSR count). The van der Waals surface area contributed by atoms with Gasteiger partial charge in [-0.3, -0.25) is 4.90 Å². The average Bonchev–Trinajstić information content (AvgIpc) is 2.44. The Kier molecular flexibility index (Phi) is 5.67. The fourth-order valence-electron chi connectivity index (χ4n) is 3.25. The molecular formula is C16H27N3O2. The molecular weight excluding hydrogens is 266 g/mol. The monoisotopic (exact) mass is 293 g/mol. The molecule has 1 atom stereocenters. The van der Waals surface area contributed by atoms with E-state index in [-0.39, 0.29) is 12.0 Å². The largest absolute Gasteiger partial charge is 0.396 e. The molecule has 1 aromatic heterocycles. The van der Waals surface area contributed by atoms with Gasteiger partial charge in [0.25, 0.3) is 0 Å². The highest BCUT2D eigenvalue weighted by Crippen LogP contribution is 2.33. The Hall–Kier alpha value is -1.04. The van der Waals surface area contributed by atoms with E-state index in [2.05, 4.69) is 14.9 Å². The highest BCUT2D eigenvalue weighted by molar-refractivity contribution is 5.08. The number of nitrogens with zero attached hydrogens (tertiary/aromatic N) is 3. The van der Waals surface area contributed by atoms with Crippen molar-refractivity contribution in [3.63, 3.8) is 0 Å². The second-order valence-electron chi connectivity index (χ2n) is 6.28. The molecule has 1 aromatic rings. The number of aryl methyl sites for hydroxylation is 2. The van der Waals surface area contributed by atoms with Gasteiger partial charge >= 0.3 is 0 Å². The molecule has 0 bridgehead atoms. The summed E-state index contributed by atoms with van der Waals surface area (Å²) in [6.07, 6.45) is 3.08. The van der Waals surface area contributed by atoms with Gasteiger partial charge in [-0.25, -0.2) is 9.97 Å². The Labute approximate surface area is 127 Å². The number of rotatable bonds is 6. The second-order valence-corrected chi connectivity index (χ2v) is 6.28. The van der Waals surface area contributed by atoms with E-state index < -0.39 is 0 Å². The molecule has 21 heavy (non-hydrogen) atoms. The number of piperidine rings is 1. The lowest BCUT2D eigenvalue weighted by Gasteiger charge is -2.41. The smallest absolute Gasteiger partial charge is 0.142 e. The fraction of sp³-hybridized carbons (Fsp3) is 0.750. The third kappa shape index (κ3) is 4.46.